The molecule has 1 aromatic carbocycles. The number of hydrogen-bond donors (Lipinski definition) is 1. The third-order valence-electron chi connectivity index (χ3n) is 2.15. The first-order valence-electron chi connectivity index (χ1n) is 4.78. The van der Waals surface area contributed by atoms with Gasteiger partial charge in [0.15, 0.2) is 0 Å². The molecule has 1 N–H and O–H groups in total. The number of nitrogens with one attached hydrogen (secondary N) is 1. The van der Waals surface area contributed by atoms with E-state index >= 15 is 0 Å². The average molecular weight is 236 g/mol. The number of anilines is 1. The van der Waals surface area contributed by atoms with E-state index in [-0.39, 0.29) is 5.91 Å². The van der Waals surface area contributed by atoms with Crippen molar-refractivity contribution in [2.75, 3.05) is 5.32 Å². The zero-order chi connectivity index (χ0) is 11.4. The summed E-state index contributed by atoms with van der Waals surface area (Å²) in [6.45, 7) is 0. The van der Waals surface area contributed by atoms with E-state index in [1.165, 1.54) is 12.5 Å². The highest BCUT2D eigenvalue weighted by Crippen LogP contribution is 2.12. The maximum atomic E-state index is 11.6. The fourth-order valence-corrected chi connectivity index (χ4v) is 1.45. The molecule has 16 heavy (non-hydrogen) atoms. The van der Waals surface area contributed by atoms with Crippen molar-refractivity contribution in [1.82, 2.24) is 0 Å². The highest BCUT2D eigenvalue weighted by molar-refractivity contribution is 6.17. The molecule has 3 nitrogen and oxygen atoms in total. The van der Waals surface area contributed by atoms with Gasteiger partial charge in [0.2, 0.25) is 0 Å². The molecule has 0 aliphatic rings. The maximum absolute atomic E-state index is 11.6. The zero-order valence-electron chi connectivity index (χ0n) is 8.44. The summed E-state index contributed by atoms with van der Waals surface area (Å²) in [7, 11) is 0. The second kappa shape index (κ2) is 4.86. The summed E-state index contributed by atoms with van der Waals surface area (Å²) in [6.07, 6.45) is 2.87. The third-order valence-corrected chi connectivity index (χ3v) is 2.46. The lowest BCUT2D eigenvalue weighted by atomic mass is 10.2. The van der Waals surface area contributed by atoms with Crippen LogP contribution < -0.4 is 5.32 Å². The van der Waals surface area contributed by atoms with E-state index < -0.39 is 0 Å². The van der Waals surface area contributed by atoms with Crippen molar-refractivity contribution in [1.29, 1.82) is 0 Å². The number of amides is 1. The van der Waals surface area contributed by atoms with E-state index in [1.54, 1.807) is 6.07 Å². The van der Waals surface area contributed by atoms with Gasteiger partial charge in [-0.1, -0.05) is 12.1 Å². The fourth-order valence-electron chi connectivity index (χ4n) is 1.27. The molecule has 0 spiro atoms. The van der Waals surface area contributed by atoms with Crippen LogP contribution in [0.4, 0.5) is 5.69 Å². The molecule has 0 saturated carbocycles. The van der Waals surface area contributed by atoms with Gasteiger partial charge in [-0.25, -0.2) is 0 Å². The van der Waals surface area contributed by atoms with Gasteiger partial charge in [-0.2, -0.15) is 0 Å². The Morgan fingerprint density at radius 1 is 1.25 bits per heavy atom. The topological polar surface area (TPSA) is 42.2 Å². The Kier molecular flexibility index (Phi) is 3.27. The summed E-state index contributed by atoms with van der Waals surface area (Å²) >= 11 is 5.67. The number of benzene rings is 1. The number of carbonyl (C=O) groups excluding carboxylic acids is 1. The molecule has 0 unspecified atom stereocenters. The zero-order valence-corrected chi connectivity index (χ0v) is 9.20. The number of halogens is 1. The van der Waals surface area contributed by atoms with E-state index in [2.05, 4.69) is 5.32 Å². The highest BCUT2D eigenvalue weighted by Gasteiger charge is 2.06. The lowest BCUT2D eigenvalue weighted by Crippen LogP contribution is -2.10. The van der Waals surface area contributed by atoms with Gasteiger partial charge in [-0.05, 0) is 23.8 Å². The summed E-state index contributed by atoms with van der Waals surface area (Å²) in [6, 6.07) is 8.99. The molecule has 1 heterocycles. The van der Waals surface area contributed by atoms with Crippen LogP contribution in [0.2, 0.25) is 0 Å². The van der Waals surface area contributed by atoms with Crippen LogP contribution >= 0.6 is 11.6 Å². The normalized spacial score (nSPS) is 10.1. The first-order valence-corrected chi connectivity index (χ1v) is 5.31. The Bertz CT molecular complexity index is 462. The summed E-state index contributed by atoms with van der Waals surface area (Å²) < 4.78 is 4.83. The van der Waals surface area contributed by atoms with Crippen molar-refractivity contribution in [3.63, 3.8) is 0 Å². The molecule has 2 rings (SSSR count). The van der Waals surface area contributed by atoms with Crippen LogP contribution in [-0.2, 0) is 5.88 Å². The molecule has 0 aliphatic heterocycles. The standard InChI is InChI=1S/C12H10ClNO2/c13-7-9-1-3-11(4-2-9)14-12(15)10-5-6-16-8-10/h1-6,8H,7H2,(H,14,15). The molecule has 4 heteroatoms. The average Bonchev–Trinajstić information content (AvgIpc) is 2.83. The molecule has 0 fully saturated rings. The third kappa shape index (κ3) is 2.44. The summed E-state index contributed by atoms with van der Waals surface area (Å²) in [5, 5.41) is 2.75. The molecular weight excluding hydrogens is 226 g/mol. The van der Waals surface area contributed by atoms with Crippen LogP contribution in [0.5, 0.6) is 0 Å². The van der Waals surface area contributed by atoms with Gasteiger partial charge in [0.25, 0.3) is 5.91 Å². The van der Waals surface area contributed by atoms with E-state index in [1.807, 2.05) is 24.3 Å². The van der Waals surface area contributed by atoms with Crippen LogP contribution in [0.15, 0.2) is 47.3 Å². The number of furan rings is 1. The van der Waals surface area contributed by atoms with E-state index in [0.717, 1.165) is 11.3 Å². The first-order chi connectivity index (χ1) is 7.79. The van der Waals surface area contributed by atoms with Crippen molar-refractivity contribution in [3.8, 4) is 0 Å². The largest absolute Gasteiger partial charge is 0.472 e. The summed E-state index contributed by atoms with van der Waals surface area (Å²) in [4.78, 5) is 11.6. The van der Waals surface area contributed by atoms with Crippen molar-refractivity contribution in [2.24, 2.45) is 0 Å². The van der Waals surface area contributed by atoms with Gasteiger partial charge < -0.3 is 9.73 Å². The minimum atomic E-state index is -0.188. The Balaban J connectivity index is 2.06. The molecule has 1 amide bonds. The number of rotatable bonds is 3. The van der Waals surface area contributed by atoms with Gasteiger partial charge in [-0.15, -0.1) is 11.6 Å². The predicted molar refractivity (Wildman–Crippen MR) is 62.7 cm³/mol. The van der Waals surface area contributed by atoms with Gasteiger partial charge in [-0.3, -0.25) is 4.79 Å². The lowest BCUT2D eigenvalue weighted by molar-refractivity contribution is 0.102. The Morgan fingerprint density at radius 2 is 2.00 bits per heavy atom. The van der Waals surface area contributed by atoms with Crippen molar-refractivity contribution in [2.45, 2.75) is 5.88 Å². The van der Waals surface area contributed by atoms with Gasteiger partial charge in [0, 0.05) is 11.6 Å². The van der Waals surface area contributed by atoms with Crippen LogP contribution in [0.25, 0.3) is 0 Å². The van der Waals surface area contributed by atoms with Crippen LogP contribution in [0.1, 0.15) is 15.9 Å². The minimum absolute atomic E-state index is 0.188. The molecule has 2 aromatic rings. The van der Waals surface area contributed by atoms with E-state index in [0.29, 0.717) is 11.4 Å². The molecule has 0 bridgehead atoms. The van der Waals surface area contributed by atoms with Crippen LogP contribution in [-0.4, -0.2) is 5.91 Å². The molecule has 0 atom stereocenters. The van der Waals surface area contributed by atoms with Crippen molar-refractivity contribution in [3.05, 3.63) is 54.0 Å². The second-order valence-electron chi connectivity index (χ2n) is 3.30. The minimum Gasteiger partial charge on any atom is -0.472 e. The quantitative estimate of drug-likeness (QED) is 0.830. The fraction of sp³-hybridized carbons (Fsp3) is 0.0833. The lowest BCUT2D eigenvalue weighted by Gasteiger charge is -2.03. The molecule has 1 aromatic heterocycles. The summed E-state index contributed by atoms with van der Waals surface area (Å²) in [5.41, 5.74) is 2.25. The molecular formula is C12H10ClNO2. The van der Waals surface area contributed by atoms with Crippen LogP contribution in [0.3, 0.4) is 0 Å². The second-order valence-corrected chi connectivity index (χ2v) is 3.56. The Labute approximate surface area is 98.0 Å². The Hall–Kier alpha value is -1.74. The number of carbonyl (C=O) groups is 1. The van der Waals surface area contributed by atoms with Gasteiger partial charge in [0.05, 0.1) is 11.8 Å². The molecule has 82 valence electrons. The van der Waals surface area contributed by atoms with Gasteiger partial charge >= 0.3 is 0 Å². The molecule has 0 aliphatic carbocycles. The maximum Gasteiger partial charge on any atom is 0.258 e. The van der Waals surface area contributed by atoms with Crippen molar-refractivity contribution >= 4 is 23.2 Å². The van der Waals surface area contributed by atoms with Crippen LogP contribution in [0, 0.1) is 0 Å². The molecule has 0 saturated heterocycles. The monoisotopic (exact) mass is 235 g/mol. The van der Waals surface area contributed by atoms with Gasteiger partial charge in [0.1, 0.15) is 6.26 Å². The van der Waals surface area contributed by atoms with Crippen molar-refractivity contribution < 1.29 is 9.21 Å². The number of hydrogen-bond acceptors (Lipinski definition) is 2. The summed E-state index contributed by atoms with van der Waals surface area (Å²) in [5.74, 6) is 0.281. The molecule has 0 radical (unpaired) electrons. The SMILES string of the molecule is O=C(Nc1ccc(CCl)cc1)c1ccoc1. The van der Waals surface area contributed by atoms with E-state index in [4.69, 9.17) is 16.0 Å². The highest BCUT2D eigenvalue weighted by atomic mass is 35.5. The number of alkyl halides is 1. The first kappa shape index (κ1) is 10.8. The smallest absolute Gasteiger partial charge is 0.258 e. The van der Waals surface area contributed by atoms with E-state index in [9.17, 15) is 4.79 Å². The predicted octanol–water partition coefficient (Wildman–Crippen LogP) is 3.27. The Morgan fingerprint density at radius 3 is 2.56 bits per heavy atom.